The Labute approximate surface area is 176 Å². The van der Waals surface area contributed by atoms with Crippen molar-refractivity contribution in [2.45, 2.75) is 25.5 Å². The highest BCUT2D eigenvalue weighted by atomic mass is 16.5. The van der Waals surface area contributed by atoms with Gasteiger partial charge in [-0.05, 0) is 55.6 Å². The molecule has 0 aliphatic carbocycles. The summed E-state index contributed by atoms with van der Waals surface area (Å²) in [5.74, 6) is 1.76. The minimum Gasteiger partial charge on any atom is -0.497 e. The molecule has 30 heavy (non-hydrogen) atoms. The summed E-state index contributed by atoms with van der Waals surface area (Å²) in [4.78, 5) is 6.54. The van der Waals surface area contributed by atoms with Crippen molar-refractivity contribution < 1.29 is 14.6 Å². The van der Waals surface area contributed by atoms with Gasteiger partial charge in [-0.15, -0.1) is 0 Å². The number of piperidine rings is 1. The first-order valence-corrected chi connectivity index (χ1v) is 10.2. The third-order valence-corrected chi connectivity index (χ3v) is 5.89. The standard InChI is InChI=1S/C23H28N4O3/c1-29-19-5-6-20(21(12-19)30-2)22-18(14-25-26-22)15-27-10-7-16(8-11-27)23(28)17-4-3-9-24-13-17/h3-6,9,12-14,16,23,28H,7-8,10-11,15H2,1-2H3,(H,25,26)/t23-/m0/s1. The lowest BCUT2D eigenvalue weighted by atomic mass is 9.88. The quantitative estimate of drug-likeness (QED) is 0.623. The number of aliphatic hydroxyl groups is 1. The average molecular weight is 409 g/mol. The van der Waals surface area contributed by atoms with Crippen molar-refractivity contribution in [1.82, 2.24) is 20.1 Å². The molecule has 1 atom stereocenters. The molecule has 1 fully saturated rings. The van der Waals surface area contributed by atoms with E-state index in [2.05, 4.69) is 20.1 Å². The van der Waals surface area contributed by atoms with Gasteiger partial charge < -0.3 is 14.6 Å². The molecule has 7 nitrogen and oxygen atoms in total. The van der Waals surface area contributed by atoms with Gasteiger partial charge >= 0.3 is 0 Å². The van der Waals surface area contributed by atoms with E-state index in [9.17, 15) is 5.11 Å². The largest absolute Gasteiger partial charge is 0.497 e. The molecule has 2 N–H and O–H groups in total. The van der Waals surface area contributed by atoms with Crippen LogP contribution in [0.4, 0.5) is 0 Å². The van der Waals surface area contributed by atoms with Gasteiger partial charge in [0.25, 0.3) is 0 Å². The summed E-state index contributed by atoms with van der Waals surface area (Å²) in [5, 5.41) is 18.1. The van der Waals surface area contributed by atoms with Gasteiger partial charge in [0.2, 0.25) is 0 Å². The number of aliphatic hydroxyl groups excluding tert-OH is 1. The van der Waals surface area contributed by atoms with Crippen LogP contribution in [0.3, 0.4) is 0 Å². The van der Waals surface area contributed by atoms with Crippen LogP contribution in [0.25, 0.3) is 11.3 Å². The van der Waals surface area contributed by atoms with E-state index in [1.807, 2.05) is 36.5 Å². The number of hydrogen-bond donors (Lipinski definition) is 2. The van der Waals surface area contributed by atoms with Crippen LogP contribution in [-0.4, -0.2) is 52.5 Å². The lowest BCUT2D eigenvalue weighted by Crippen LogP contribution is -2.35. The molecule has 3 heterocycles. The summed E-state index contributed by atoms with van der Waals surface area (Å²) in [7, 11) is 3.30. The van der Waals surface area contributed by atoms with Crippen molar-refractivity contribution in [3.63, 3.8) is 0 Å². The van der Waals surface area contributed by atoms with Crippen LogP contribution >= 0.6 is 0 Å². The van der Waals surface area contributed by atoms with Gasteiger partial charge in [0.15, 0.2) is 0 Å². The number of rotatable bonds is 7. The fourth-order valence-corrected chi connectivity index (χ4v) is 4.16. The molecular formula is C23H28N4O3. The number of hydrogen-bond acceptors (Lipinski definition) is 6. The third-order valence-electron chi connectivity index (χ3n) is 5.89. The Bertz CT molecular complexity index is 952. The Morgan fingerprint density at radius 2 is 2.00 bits per heavy atom. The van der Waals surface area contributed by atoms with E-state index in [0.717, 1.165) is 66.4 Å². The molecule has 3 aromatic rings. The van der Waals surface area contributed by atoms with E-state index >= 15 is 0 Å². The molecule has 0 bridgehead atoms. The second-order valence-corrected chi connectivity index (χ2v) is 7.68. The molecule has 0 spiro atoms. The molecule has 4 rings (SSSR count). The van der Waals surface area contributed by atoms with Gasteiger partial charge in [0.1, 0.15) is 11.5 Å². The van der Waals surface area contributed by atoms with Crippen molar-refractivity contribution in [2.75, 3.05) is 27.3 Å². The summed E-state index contributed by atoms with van der Waals surface area (Å²) < 4.78 is 10.9. The lowest BCUT2D eigenvalue weighted by Gasteiger charge is -2.34. The molecule has 1 aromatic carbocycles. The number of ether oxygens (including phenoxy) is 2. The fourth-order valence-electron chi connectivity index (χ4n) is 4.16. The fraction of sp³-hybridized carbons (Fsp3) is 0.391. The second-order valence-electron chi connectivity index (χ2n) is 7.68. The molecule has 0 amide bonds. The molecular weight excluding hydrogens is 380 g/mol. The maximum atomic E-state index is 10.7. The van der Waals surface area contributed by atoms with Crippen LogP contribution in [0.2, 0.25) is 0 Å². The molecule has 0 saturated carbocycles. The number of nitrogens with one attached hydrogen (secondary N) is 1. The van der Waals surface area contributed by atoms with Gasteiger partial charge in [-0.25, -0.2) is 0 Å². The first kappa shape index (κ1) is 20.4. The highest BCUT2D eigenvalue weighted by Gasteiger charge is 2.27. The van der Waals surface area contributed by atoms with Crippen LogP contribution in [0.1, 0.15) is 30.1 Å². The Kier molecular flexibility index (Phi) is 6.30. The van der Waals surface area contributed by atoms with Crippen LogP contribution in [-0.2, 0) is 6.54 Å². The van der Waals surface area contributed by atoms with E-state index in [0.29, 0.717) is 0 Å². The first-order valence-electron chi connectivity index (χ1n) is 10.2. The van der Waals surface area contributed by atoms with E-state index in [1.54, 1.807) is 26.6 Å². The van der Waals surface area contributed by atoms with Gasteiger partial charge in [-0.3, -0.25) is 15.0 Å². The van der Waals surface area contributed by atoms with Crippen LogP contribution in [0.5, 0.6) is 11.5 Å². The van der Waals surface area contributed by atoms with E-state index in [-0.39, 0.29) is 5.92 Å². The number of H-pyrrole nitrogens is 1. The zero-order valence-electron chi connectivity index (χ0n) is 17.4. The van der Waals surface area contributed by atoms with Gasteiger partial charge in [0.05, 0.1) is 32.2 Å². The topological polar surface area (TPSA) is 83.5 Å². The first-order chi connectivity index (χ1) is 14.7. The minimum atomic E-state index is -0.450. The zero-order chi connectivity index (χ0) is 20.9. The summed E-state index contributed by atoms with van der Waals surface area (Å²) in [6.45, 7) is 2.68. The highest BCUT2D eigenvalue weighted by Crippen LogP contribution is 2.35. The number of likely N-dealkylation sites (tertiary alicyclic amines) is 1. The number of pyridine rings is 1. The molecule has 0 radical (unpaired) electrons. The number of nitrogens with zero attached hydrogens (tertiary/aromatic N) is 3. The summed E-state index contributed by atoms with van der Waals surface area (Å²) in [6.07, 6.45) is 6.84. The Morgan fingerprint density at radius 3 is 2.70 bits per heavy atom. The number of aromatic amines is 1. The number of methoxy groups -OCH3 is 2. The van der Waals surface area contributed by atoms with Crippen LogP contribution < -0.4 is 9.47 Å². The maximum Gasteiger partial charge on any atom is 0.131 e. The Hall–Kier alpha value is -2.90. The zero-order valence-corrected chi connectivity index (χ0v) is 17.4. The number of aromatic nitrogens is 3. The van der Waals surface area contributed by atoms with Gasteiger partial charge in [0, 0.05) is 36.1 Å². The van der Waals surface area contributed by atoms with E-state index < -0.39 is 6.10 Å². The summed E-state index contributed by atoms with van der Waals surface area (Å²) in [5.41, 5.74) is 3.96. The van der Waals surface area contributed by atoms with E-state index in [1.165, 1.54) is 0 Å². The SMILES string of the molecule is COc1ccc(-c2[nH]ncc2CN2CCC([C@H](O)c3cccnc3)CC2)c(OC)c1. The predicted octanol–water partition coefficient (Wildman–Crippen LogP) is 3.43. The van der Waals surface area contributed by atoms with Crippen molar-refractivity contribution in [3.05, 3.63) is 60.0 Å². The monoisotopic (exact) mass is 408 g/mol. The minimum absolute atomic E-state index is 0.260. The van der Waals surface area contributed by atoms with E-state index in [4.69, 9.17) is 9.47 Å². The van der Waals surface area contributed by atoms with Crippen LogP contribution in [0, 0.1) is 5.92 Å². The van der Waals surface area contributed by atoms with Gasteiger partial charge in [-0.2, -0.15) is 5.10 Å². The average Bonchev–Trinajstić information content (AvgIpc) is 3.27. The lowest BCUT2D eigenvalue weighted by molar-refractivity contribution is 0.0566. The van der Waals surface area contributed by atoms with Crippen molar-refractivity contribution in [2.24, 2.45) is 5.92 Å². The molecule has 1 aliphatic heterocycles. The molecule has 158 valence electrons. The maximum absolute atomic E-state index is 10.7. The Morgan fingerprint density at radius 1 is 1.17 bits per heavy atom. The molecule has 2 aromatic heterocycles. The normalized spacial score (nSPS) is 16.4. The molecule has 0 unspecified atom stereocenters. The molecule has 1 saturated heterocycles. The Balaban J connectivity index is 1.42. The number of benzene rings is 1. The third kappa shape index (κ3) is 4.32. The highest BCUT2D eigenvalue weighted by molar-refractivity contribution is 5.71. The summed E-state index contributed by atoms with van der Waals surface area (Å²) >= 11 is 0. The molecule has 7 heteroatoms. The van der Waals surface area contributed by atoms with Crippen molar-refractivity contribution in [1.29, 1.82) is 0 Å². The van der Waals surface area contributed by atoms with Crippen LogP contribution in [0.15, 0.2) is 48.9 Å². The van der Waals surface area contributed by atoms with Crippen molar-refractivity contribution in [3.8, 4) is 22.8 Å². The predicted molar refractivity (Wildman–Crippen MR) is 114 cm³/mol. The summed E-state index contributed by atoms with van der Waals surface area (Å²) in [6, 6.07) is 9.62. The van der Waals surface area contributed by atoms with Gasteiger partial charge in [-0.1, -0.05) is 6.07 Å². The molecule has 1 aliphatic rings. The smallest absolute Gasteiger partial charge is 0.131 e. The van der Waals surface area contributed by atoms with Crippen molar-refractivity contribution >= 4 is 0 Å². The second kappa shape index (κ2) is 9.28.